The van der Waals surface area contributed by atoms with Crippen LogP contribution in [0, 0.1) is 6.92 Å². The molecule has 0 fully saturated rings. The molecule has 0 saturated heterocycles. The highest BCUT2D eigenvalue weighted by atomic mass is 32.1. The van der Waals surface area contributed by atoms with Crippen LogP contribution in [0.5, 0.6) is 0 Å². The summed E-state index contributed by atoms with van der Waals surface area (Å²) in [6.07, 6.45) is 0.720. The number of hydrogen-bond acceptors (Lipinski definition) is 4. The van der Waals surface area contributed by atoms with Crippen molar-refractivity contribution >= 4 is 27.5 Å². The van der Waals surface area contributed by atoms with Gasteiger partial charge in [-0.05, 0) is 31.9 Å². The van der Waals surface area contributed by atoms with Gasteiger partial charge in [0.15, 0.2) is 0 Å². The van der Waals surface area contributed by atoms with E-state index in [1.165, 1.54) is 0 Å². The Labute approximate surface area is 111 Å². The normalized spacial score (nSPS) is 12.6. The minimum Gasteiger partial charge on any atom is -0.465 e. The largest absolute Gasteiger partial charge is 0.465 e. The van der Waals surface area contributed by atoms with E-state index in [1.54, 1.807) is 11.3 Å². The van der Waals surface area contributed by atoms with Crippen LogP contribution in [0.1, 0.15) is 36.8 Å². The Morgan fingerprint density at radius 3 is 2.83 bits per heavy atom. The maximum Gasteiger partial charge on any atom is 0.315 e. The van der Waals surface area contributed by atoms with Gasteiger partial charge in [0, 0.05) is 0 Å². The zero-order valence-electron chi connectivity index (χ0n) is 10.9. The molecule has 18 heavy (non-hydrogen) atoms. The van der Waals surface area contributed by atoms with Gasteiger partial charge < -0.3 is 4.74 Å². The third-order valence-corrected chi connectivity index (χ3v) is 4.05. The number of para-hydroxylation sites is 1. The summed E-state index contributed by atoms with van der Waals surface area (Å²) in [4.78, 5) is 16.5. The lowest BCUT2D eigenvalue weighted by molar-refractivity contribution is -0.145. The molecule has 1 heterocycles. The van der Waals surface area contributed by atoms with Crippen molar-refractivity contribution in [2.45, 2.75) is 33.1 Å². The highest BCUT2D eigenvalue weighted by Crippen LogP contribution is 2.31. The van der Waals surface area contributed by atoms with Crippen LogP contribution in [0.15, 0.2) is 18.2 Å². The van der Waals surface area contributed by atoms with E-state index in [2.05, 4.69) is 4.98 Å². The molecule has 3 nitrogen and oxygen atoms in total. The predicted octanol–water partition coefficient (Wildman–Crippen LogP) is 3.66. The van der Waals surface area contributed by atoms with E-state index in [-0.39, 0.29) is 11.9 Å². The Morgan fingerprint density at radius 2 is 2.22 bits per heavy atom. The van der Waals surface area contributed by atoms with E-state index >= 15 is 0 Å². The number of esters is 1. The molecule has 1 unspecified atom stereocenters. The Bertz CT molecular complexity index is 562. The van der Waals surface area contributed by atoms with Crippen molar-refractivity contribution in [2.24, 2.45) is 0 Å². The maximum atomic E-state index is 11.9. The number of aryl methyl sites for hydroxylation is 1. The highest BCUT2D eigenvalue weighted by Gasteiger charge is 2.23. The molecular weight excluding hydrogens is 246 g/mol. The number of ether oxygens (including phenoxy) is 1. The molecule has 0 bridgehead atoms. The van der Waals surface area contributed by atoms with Crippen molar-refractivity contribution in [3.05, 3.63) is 28.8 Å². The molecule has 0 saturated carbocycles. The number of thiazole rings is 1. The van der Waals surface area contributed by atoms with Gasteiger partial charge in [-0.25, -0.2) is 4.98 Å². The molecule has 4 heteroatoms. The summed E-state index contributed by atoms with van der Waals surface area (Å²) in [5, 5.41) is 0.861. The summed E-state index contributed by atoms with van der Waals surface area (Å²) in [7, 11) is 0. The molecule has 0 radical (unpaired) electrons. The fourth-order valence-electron chi connectivity index (χ4n) is 1.94. The molecule has 2 aromatic rings. The van der Waals surface area contributed by atoms with E-state index in [9.17, 15) is 4.79 Å². The molecule has 2 rings (SSSR count). The number of nitrogens with zero attached hydrogens (tertiary/aromatic N) is 1. The van der Waals surface area contributed by atoms with Crippen LogP contribution in [0.4, 0.5) is 0 Å². The number of benzene rings is 1. The minimum atomic E-state index is -0.234. The average molecular weight is 263 g/mol. The molecule has 96 valence electrons. The monoisotopic (exact) mass is 263 g/mol. The standard InChI is InChI=1S/C14H17NO2S/c1-4-10(14(16)17-5-2)13-15-12-9(3)7-6-8-11(12)18-13/h6-8,10H,4-5H2,1-3H3. The first kappa shape index (κ1) is 13.0. The number of carbonyl (C=O) groups is 1. The van der Waals surface area contributed by atoms with Crippen LogP contribution in [-0.4, -0.2) is 17.6 Å². The topological polar surface area (TPSA) is 39.2 Å². The number of fused-ring (bicyclic) bond motifs is 1. The molecule has 0 aliphatic rings. The van der Waals surface area contributed by atoms with Gasteiger partial charge in [0.05, 0.1) is 16.8 Å². The van der Waals surface area contributed by atoms with Gasteiger partial charge in [-0.15, -0.1) is 11.3 Å². The molecule has 0 aliphatic carbocycles. The summed E-state index contributed by atoms with van der Waals surface area (Å²) in [6, 6.07) is 6.10. The van der Waals surface area contributed by atoms with Crippen molar-refractivity contribution in [1.29, 1.82) is 0 Å². The van der Waals surface area contributed by atoms with Gasteiger partial charge in [0.25, 0.3) is 0 Å². The van der Waals surface area contributed by atoms with Gasteiger partial charge in [-0.3, -0.25) is 4.79 Å². The van der Waals surface area contributed by atoms with Gasteiger partial charge >= 0.3 is 5.97 Å². The first-order valence-electron chi connectivity index (χ1n) is 6.20. The van der Waals surface area contributed by atoms with Gasteiger partial charge in [0.2, 0.25) is 0 Å². The van der Waals surface area contributed by atoms with Crippen LogP contribution in [0.3, 0.4) is 0 Å². The van der Waals surface area contributed by atoms with E-state index in [1.807, 2.05) is 39.0 Å². The zero-order valence-corrected chi connectivity index (χ0v) is 11.7. The van der Waals surface area contributed by atoms with E-state index in [0.29, 0.717) is 6.61 Å². The van der Waals surface area contributed by atoms with Crippen molar-refractivity contribution in [1.82, 2.24) is 4.98 Å². The van der Waals surface area contributed by atoms with Crippen molar-refractivity contribution in [3.63, 3.8) is 0 Å². The lowest BCUT2D eigenvalue weighted by Gasteiger charge is -2.09. The summed E-state index contributed by atoms with van der Waals surface area (Å²) >= 11 is 1.59. The quantitative estimate of drug-likeness (QED) is 0.790. The highest BCUT2D eigenvalue weighted by molar-refractivity contribution is 7.18. The van der Waals surface area contributed by atoms with Gasteiger partial charge in [-0.2, -0.15) is 0 Å². The van der Waals surface area contributed by atoms with Crippen LogP contribution >= 0.6 is 11.3 Å². The SMILES string of the molecule is CCOC(=O)C(CC)c1nc2c(C)cccc2s1. The van der Waals surface area contributed by atoms with E-state index < -0.39 is 0 Å². The first-order chi connectivity index (χ1) is 8.67. The summed E-state index contributed by atoms with van der Waals surface area (Å²) < 4.78 is 6.24. The smallest absolute Gasteiger partial charge is 0.315 e. The van der Waals surface area contributed by atoms with Gasteiger partial charge in [-0.1, -0.05) is 19.1 Å². The van der Waals surface area contributed by atoms with Crippen molar-refractivity contribution < 1.29 is 9.53 Å². The molecule has 0 amide bonds. The van der Waals surface area contributed by atoms with E-state index in [0.717, 1.165) is 27.2 Å². The summed E-state index contributed by atoms with van der Waals surface area (Å²) in [5.41, 5.74) is 2.15. The second-order valence-corrected chi connectivity index (χ2v) is 5.25. The fourth-order valence-corrected chi connectivity index (χ4v) is 3.15. The molecule has 0 spiro atoms. The molecule has 1 atom stereocenters. The number of rotatable bonds is 4. The molecule has 0 aliphatic heterocycles. The Balaban J connectivity index is 2.40. The third kappa shape index (κ3) is 2.38. The predicted molar refractivity (Wildman–Crippen MR) is 74.0 cm³/mol. The van der Waals surface area contributed by atoms with Crippen LogP contribution < -0.4 is 0 Å². The number of carbonyl (C=O) groups excluding carboxylic acids is 1. The maximum absolute atomic E-state index is 11.9. The second kappa shape index (κ2) is 5.48. The van der Waals surface area contributed by atoms with Crippen molar-refractivity contribution in [3.8, 4) is 0 Å². The fraction of sp³-hybridized carbons (Fsp3) is 0.429. The summed E-state index contributed by atoms with van der Waals surface area (Å²) in [5.74, 6) is -0.404. The number of aromatic nitrogens is 1. The Morgan fingerprint density at radius 1 is 1.44 bits per heavy atom. The van der Waals surface area contributed by atoms with Crippen LogP contribution in [0.25, 0.3) is 10.2 Å². The lowest BCUT2D eigenvalue weighted by Crippen LogP contribution is -2.15. The first-order valence-corrected chi connectivity index (χ1v) is 7.01. The summed E-state index contributed by atoms with van der Waals surface area (Å²) in [6.45, 7) is 6.27. The molecule has 1 aromatic heterocycles. The van der Waals surface area contributed by atoms with Crippen LogP contribution in [-0.2, 0) is 9.53 Å². The average Bonchev–Trinajstić information content (AvgIpc) is 2.75. The number of hydrogen-bond donors (Lipinski definition) is 0. The van der Waals surface area contributed by atoms with Gasteiger partial charge in [0.1, 0.15) is 10.9 Å². The second-order valence-electron chi connectivity index (χ2n) is 4.19. The third-order valence-electron chi connectivity index (χ3n) is 2.91. The Hall–Kier alpha value is -1.42. The van der Waals surface area contributed by atoms with E-state index in [4.69, 9.17) is 4.74 Å². The lowest BCUT2D eigenvalue weighted by atomic mass is 10.1. The molecule has 1 aromatic carbocycles. The molecular formula is C14H17NO2S. The van der Waals surface area contributed by atoms with Crippen LogP contribution in [0.2, 0.25) is 0 Å². The zero-order chi connectivity index (χ0) is 13.1. The minimum absolute atomic E-state index is 0.170. The molecule has 0 N–H and O–H groups in total. The van der Waals surface area contributed by atoms with Crippen molar-refractivity contribution in [2.75, 3.05) is 6.61 Å². The Kier molecular flexibility index (Phi) is 3.97.